The van der Waals surface area contributed by atoms with Gasteiger partial charge in [0.15, 0.2) is 34.7 Å². The van der Waals surface area contributed by atoms with Gasteiger partial charge in [-0.15, -0.1) is 0 Å². The van der Waals surface area contributed by atoms with Crippen molar-refractivity contribution in [2.75, 3.05) is 26.1 Å². The fraction of sp³-hybridized carbons (Fsp3) is 0.421. The van der Waals surface area contributed by atoms with E-state index in [1.165, 1.54) is 17.2 Å². The quantitative estimate of drug-likeness (QED) is 0.417. The van der Waals surface area contributed by atoms with Crippen LogP contribution < -0.4 is 14.8 Å². The number of ether oxygens (including phenoxy) is 3. The van der Waals surface area contributed by atoms with Gasteiger partial charge in [-0.2, -0.15) is 0 Å². The lowest BCUT2D eigenvalue weighted by Gasteiger charge is -2.16. The number of anilines is 1. The third-order valence-corrected chi connectivity index (χ3v) is 5.08. The van der Waals surface area contributed by atoms with Crippen LogP contribution in [-0.4, -0.2) is 74.0 Å². The Kier molecular flexibility index (Phi) is 5.68. The molecule has 0 unspecified atom stereocenters. The van der Waals surface area contributed by atoms with Crippen molar-refractivity contribution in [2.24, 2.45) is 0 Å². The molecule has 1 fully saturated rings. The third kappa shape index (κ3) is 3.41. The molecule has 0 amide bonds. The number of imidazole rings is 1. The molecule has 1 saturated heterocycles. The molecular weight excluding hydrogens is 394 g/mol. The Morgan fingerprint density at radius 3 is 2.67 bits per heavy atom. The van der Waals surface area contributed by atoms with Gasteiger partial charge in [-0.05, 0) is 6.07 Å². The van der Waals surface area contributed by atoms with Crippen molar-refractivity contribution < 1.29 is 29.5 Å². The summed E-state index contributed by atoms with van der Waals surface area (Å²) in [7, 11) is 3.15. The van der Waals surface area contributed by atoms with E-state index in [9.17, 15) is 15.3 Å². The van der Waals surface area contributed by atoms with Crippen LogP contribution in [-0.2, 0) is 11.3 Å². The van der Waals surface area contributed by atoms with E-state index in [-0.39, 0.29) is 0 Å². The highest BCUT2D eigenvalue weighted by Gasteiger charge is 2.44. The summed E-state index contributed by atoms with van der Waals surface area (Å²) in [5.41, 5.74) is 1.75. The molecule has 0 saturated carbocycles. The van der Waals surface area contributed by atoms with Crippen LogP contribution in [0.1, 0.15) is 11.8 Å². The van der Waals surface area contributed by atoms with Crippen LogP contribution in [0.25, 0.3) is 11.2 Å². The Balaban J connectivity index is 1.61. The number of rotatable bonds is 7. The second-order valence-electron chi connectivity index (χ2n) is 6.78. The molecule has 0 bridgehead atoms. The summed E-state index contributed by atoms with van der Waals surface area (Å²) in [6.45, 7) is -0.0152. The first kappa shape index (κ1) is 20.3. The average molecular weight is 417 g/mol. The molecule has 160 valence electrons. The Morgan fingerprint density at radius 1 is 1.13 bits per heavy atom. The summed E-state index contributed by atoms with van der Waals surface area (Å²) in [4.78, 5) is 12.9. The van der Waals surface area contributed by atoms with Crippen molar-refractivity contribution in [1.29, 1.82) is 0 Å². The molecular formula is C19H23N5O6. The van der Waals surface area contributed by atoms with Crippen molar-refractivity contribution in [3.8, 4) is 11.5 Å². The van der Waals surface area contributed by atoms with Crippen LogP contribution in [0.2, 0.25) is 0 Å². The number of aromatic nitrogens is 4. The van der Waals surface area contributed by atoms with Gasteiger partial charge in [0.25, 0.3) is 0 Å². The molecule has 11 heteroatoms. The molecule has 30 heavy (non-hydrogen) atoms. The maximum Gasteiger partial charge on any atom is 0.167 e. The van der Waals surface area contributed by atoms with E-state index in [2.05, 4.69) is 20.3 Å². The first-order chi connectivity index (χ1) is 14.6. The Labute approximate surface area is 171 Å². The van der Waals surface area contributed by atoms with Gasteiger partial charge in [-0.3, -0.25) is 4.57 Å². The fourth-order valence-corrected chi connectivity index (χ4v) is 3.55. The maximum atomic E-state index is 10.3. The lowest BCUT2D eigenvalue weighted by Crippen LogP contribution is -2.33. The molecule has 0 aliphatic carbocycles. The van der Waals surface area contributed by atoms with Gasteiger partial charge < -0.3 is 34.8 Å². The molecule has 4 N–H and O–H groups in total. The van der Waals surface area contributed by atoms with E-state index < -0.39 is 31.1 Å². The minimum Gasteiger partial charge on any atom is -0.493 e. The van der Waals surface area contributed by atoms with Crippen LogP contribution in [0, 0.1) is 0 Å². The molecule has 1 aliphatic rings. The second kappa shape index (κ2) is 8.40. The largest absolute Gasteiger partial charge is 0.493 e. The van der Waals surface area contributed by atoms with Crippen LogP contribution in [0.3, 0.4) is 0 Å². The van der Waals surface area contributed by atoms with E-state index >= 15 is 0 Å². The number of nitrogens with zero attached hydrogens (tertiary/aromatic N) is 4. The van der Waals surface area contributed by atoms with Gasteiger partial charge in [0, 0.05) is 12.1 Å². The third-order valence-electron chi connectivity index (χ3n) is 5.08. The monoisotopic (exact) mass is 417 g/mol. The molecule has 1 aliphatic heterocycles. The summed E-state index contributed by atoms with van der Waals surface area (Å²) in [6, 6.07) is 5.59. The summed E-state index contributed by atoms with van der Waals surface area (Å²) in [5.74, 6) is 1.73. The zero-order valence-electron chi connectivity index (χ0n) is 16.5. The highest BCUT2D eigenvalue weighted by atomic mass is 16.6. The highest BCUT2D eigenvalue weighted by Crippen LogP contribution is 2.33. The van der Waals surface area contributed by atoms with Crippen molar-refractivity contribution in [1.82, 2.24) is 19.5 Å². The average Bonchev–Trinajstić information content (AvgIpc) is 3.33. The van der Waals surface area contributed by atoms with Gasteiger partial charge >= 0.3 is 0 Å². The first-order valence-electron chi connectivity index (χ1n) is 9.32. The minimum atomic E-state index is -1.23. The lowest BCUT2D eigenvalue weighted by atomic mass is 10.1. The predicted molar refractivity (Wildman–Crippen MR) is 105 cm³/mol. The minimum absolute atomic E-state index is 0.396. The molecule has 1 aromatic carbocycles. The van der Waals surface area contributed by atoms with Gasteiger partial charge in [-0.25, -0.2) is 15.0 Å². The van der Waals surface area contributed by atoms with E-state index in [1.54, 1.807) is 14.2 Å². The number of aliphatic hydroxyl groups is 3. The lowest BCUT2D eigenvalue weighted by molar-refractivity contribution is -0.0511. The number of fused-ring (bicyclic) bond motifs is 1. The SMILES string of the molecule is COc1cccc(CNc2ncnc3c2ncn3[C@@H]2O[C@H](CO)[C@@H](O)[C@@H]2O)c1OC. The van der Waals surface area contributed by atoms with Gasteiger partial charge in [0.1, 0.15) is 24.6 Å². The van der Waals surface area contributed by atoms with E-state index in [0.29, 0.717) is 35.0 Å². The van der Waals surface area contributed by atoms with E-state index in [0.717, 1.165) is 5.56 Å². The summed E-state index contributed by atoms with van der Waals surface area (Å²) >= 11 is 0. The second-order valence-corrected chi connectivity index (χ2v) is 6.78. The van der Waals surface area contributed by atoms with Crippen LogP contribution in [0.15, 0.2) is 30.9 Å². The van der Waals surface area contributed by atoms with Crippen molar-refractivity contribution >= 4 is 17.0 Å². The zero-order valence-corrected chi connectivity index (χ0v) is 16.5. The predicted octanol–water partition coefficient (Wildman–Crippen LogP) is 0.0671. The number of nitrogens with one attached hydrogen (secondary N) is 1. The fourth-order valence-electron chi connectivity index (χ4n) is 3.55. The summed E-state index contributed by atoms with van der Waals surface area (Å²) in [5, 5.41) is 32.8. The molecule has 11 nitrogen and oxygen atoms in total. The first-order valence-corrected chi connectivity index (χ1v) is 9.32. The Bertz CT molecular complexity index is 1030. The van der Waals surface area contributed by atoms with Crippen molar-refractivity contribution in [3.63, 3.8) is 0 Å². The number of hydrogen-bond donors (Lipinski definition) is 4. The van der Waals surface area contributed by atoms with Crippen LogP contribution >= 0.6 is 0 Å². The van der Waals surface area contributed by atoms with Gasteiger partial charge in [-0.1, -0.05) is 12.1 Å². The topological polar surface area (TPSA) is 144 Å². The van der Waals surface area contributed by atoms with Crippen LogP contribution in [0.5, 0.6) is 11.5 Å². The number of aliphatic hydroxyl groups excluding tert-OH is 3. The van der Waals surface area contributed by atoms with Crippen molar-refractivity contribution in [2.45, 2.75) is 31.1 Å². The normalized spacial score (nSPS) is 23.6. The number of benzene rings is 1. The maximum absolute atomic E-state index is 10.3. The number of para-hydroxylation sites is 1. The van der Waals surface area contributed by atoms with E-state index in [4.69, 9.17) is 14.2 Å². The summed E-state index contributed by atoms with van der Waals surface area (Å²) < 4.78 is 17.9. The number of hydrogen-bond acceptors (Lipinski definition) is 10. The van der Waals surface area contributed by atoms with Crippen molar-refractivity contribution in [3.05, 3.63) is 36.4 Å². The zero-order chi connectivity index (χ0) is 21.3. The standard InChI is InChI=1S/C19H23N5O6/c1-28-11-5-3-4-10(16(11)29-2)6-20-17-13-18(22-8-21-17)24(9-23-13)19-15(27)14(26)12(7-25)30-19/h3-5,8-9,12,14-15,19,25-27H,6-7H2,1-2H3,(H,20,21,22)/t12-,14-,15+,19-/m1/s1. The molecule has 4 rings (SSSR count). The Morgan fingerprint density at radius 2 is 1.97 bits per heavy atom. The summed E-state index contributed by atoms with van der Waals surface area (Å²) in [6.07, 6.45) is -1.43. The molecule has 3 heterocycles. The van der Waals surface area contributed by atoms with E-state index in [1.807, 2.05) is 18.2 Å². The number of methoxy groups -OCH3 is 2. The van der Waals surface area contributed by atoms with Gasteiger partial charge in [0.2, 0.25) is 0 Å². The molecule has 0 spiro atoms. The smallest absolute Gasteiger partial charge is 0.167 e. The Hall–Kier alpha value is -2.99. The molecule has 3 aromatic rings. The molecule has 2 aromatic heterocycles. The molecule has 4 atom stereocenters. The van der Waals surface area contributed by atoms with Crippen LogP contribution in [0.4, 0.5) is 5.82 Å². The molecule has 0 radical (unpaired) electrons. The highest BCUT2D eigenvalue weighted by molar-refractivity contribution is 5.82. The van der Waals surface area contributed by atoms with Gasteiger partial charge in [0.05, 0.1) is 27.2 Å².